The second kappa shape index (κ2) is 5.64. The Morgan fingerprint density at radius 2 is 2.00 bits per heavy atom. The molecule has 0 amide bonds. The quantitative estimate of drug-likeness (QED) is 0.903. The summed E-state index contributed by atoms with van der Waals surface area (Å²) in [6.45, 7) is 0.994. The highest BCUT2D eigenvalue weighted by atomic mass is 16.5. The average molecular weight is 277 g/mol. The van der Waals surface area contributed by atoms with Gasteiger partial charge in [0, 0.05) is 13.1 Å². The monoisotopic (exact) mass is 277 g/mol. The van der Waals surface area contributed by atoms with Crippen molar-refractivity contribution in [1.29, 1.82) is 0 Å². The van der Waals surface area contributed by atoms with Gasteiger partial charge in [0.05, 0.1) is 18.3 Å². The van der Waals surface area contributed by atoms with Gasteiger partial charge in [-0.25, -0.2) is 0 Å². The third kappa shape index (κ3) is 2.84. The molecule has 0 spiro atoms. The fourth-order valence-electron chi connectivity index (χ4n) is 2.72. The van der Waals surface area contributed by atoms with Crippen LogP contribution in [0, 0.1) is 5.92 Å². The van der Waals surface area contributed by atoms with Crippen molar-refractivity contribution in [2.24, 2.45) is 5.92 Å². The molecule has 1 aliphatic carbocycles. The molecule has 108 valence electrons. The molecule has 1 aliphatic heterocycles. The first-order chi connectivity index (χ1) is 9.72. The number of carbonyl (C=O) groups is 1. The molecule has 1 aromatic heterocycles. The molecule has 2 aliphatic rings. The Labute approximate surface area is 117 Å². The van der Waals surface area contributed by atoms with Crippen molar-refractivity contribution in [3.8, 4) is 5.88 Å². The maximum atomic E-state index is 10.8. The van der Waals surface area contributed by atoms with Crippen LogP contribution in [0.25, 0.3) is 0 Å². The van der Waals surface area contributed by atoms with Crippen molar-refractivity contribution >= 4 is 11.8 Å². The first-order valence-corrected chi connectivity index (χ1v) is 7.19. The van der Waals surface area contributed by atoms with Crippen LogP contribution in [0.2, 0.25) is 0 Å². The van der Waals surface area contributed by atoms with Crippen molar-refractivity contribution in [1.82, 2.24) is 9.97 Å². The molecule has 0 radical (unpaired) electrons. The van der Waals surface area contributed by atoms with Gasteiger partial charge in [-0.1, -0.05) is 6.42 Å². The summed E-state index contributed by atoms with van der Waals surface area (Å²) in [6.07, 6.45) is 9.41. The Bertz CT molecular complexity index is 482. The first-order valence-electron chi connectivity index (χ1n) is 7.19. The van der Waals surface area contributed by atoms with Gasteiger partial charge in [0.25, 0.3) is 0 Å². The number of carboxylic acids is 1. The van der Waals surface area contributed by atoms with Crippen molar-refractivity contribution in [2.75, 3.05) is 18.0 Å². The molecule has 0 bridgehead atoms. The van der Waals surface area contributed by atoms with Crippen LogP contribution in [0.5, 0.6) is 5.88 Å². The largest absolute Gasteiger partial charge is 0.481 e. The minimum Gasteiger partial charge on any atom is -0.481 e. The summed E-state index contributed by atoms with van der Waals surface area (Å²) in [5, 5.41) is 8.88. The van der Waals surface area contributed by atoms with Crippen LogP contribution < -0.4 is 9.64 Å². The van der Waals surface area contributed by atoms with Gasteiger partial charge < -0.3 is 14.7 Å². The number of aromatic nitrogens is 2. The topological polar surface area (TPSA) is 75.5 Å². The lowest BCUT2D eigenvalue weighted by atomic mass is 9.98. The van der Waals surface area contributed by atoms with Crippen LogP contribution in [-0.4, -0.2) is 40.2 Å². The Hall–Kier alpha value is -1.85. The minimum atomic E-state index is -0.746. The number of anilines is 1. The number of hydrogen-bond acceptors (Lipinski definition) is 5. The summed E-state index contributed by atoms with van der Waals surface area (Å²) in [4.78, 5) is 21.3. The molecular formula is C14H19N3O3. The smallest absolute Gasteiger partial charge is 0.310 e. The van der Waals surface area contributed by atoms with Crippen LogP contribution in [0.4, 0.5) is 5.82 Å². The molecular weight excluding hydrogens is 258 g/mol. The van der Waals surface area contributed by atoms with E-state index >= 15 is 0 Å². The number of nitrogens with zero attached hydrogens (tertiary/aromatic N) is 3. The number of aliphatic carboxylic acids is 1. The van der Waals surface area contributed by atoms with E-state index in [-0.39, 0.29) is 12.0 Å². The molecule has 0 unspecified atom stereocenters. The van der Waals surface area contributed by atoms with E-state index in [0.29, 0.717) is 24.8 Å². The second-order valence-corrected chi connectivity index (χ2v) is 5.53. The maximum Gasteiger partial charge on any atom is 0.310 e. The van der Waals surface area contributed by atoms with Crippen molar-refractivity contribution in [2.45, 2.75) is 38.2 Å². The van der Waals surface area contributed by atoms with Gasteiger partial charge in [0.2, 0.25) is 5.88 Å². The number of ether oxygens (including phenoxy) is 1. The lowest BCUT2D eigenvalue weighted by Gasteiger charge is -2.37. The predicted molar refractivity (Wildman–Crippen MR) is 72.9 cm³/mol. The lowest BCUT2D eigenvalue weighted by molar-refractivity contribution is -0.142. The minimum absolute atomic E-state index is 0.247. The highest BCUT2D eigenvalue weighted by Crippen LogP contribution is 2.26. The molecule has 20 heavy (non-hydrogen) atoms. The summed E-state index contributed by atoms with van der Waals surface area (Å²) in [6, 6.07) is 0. The predicted octanol–water partition coefficient (Wildman–Crippen LogP) is 1.71. The Morgan fingerprint density at radius 1 is 1.25 bits per heavy atom. The highest BCUT2D eigenvalue weighted by molar-refractivity contribution is 5.74. The molecule has 1 N–H and O–H groups in total. The molecule has 1 aromatic rings. The van der Waals surface area contributed by atoms with Crippen molar-refractivity contribution in [3.63, 3.8) is 0 Å². The Kier molecular flexibility index (Phi) is 3.71. The van der Waals surface area contributed by atoms with E-state index in [0.717, 1.165) is 12.8 Å². The zero-order valence-corrected chi connectivity index (χ0v) is 11.4. The summed E-state index contributed by atoms with van der Waals surface area (Å²) >= 11 is 0. The molecule has 3 rings (SSSR count). The van der Waals surface area contributed by atoms with Crippen molar-refractivity contribution < 1.29 is 14.6 Å². The normalized spacial score (nSPS) is 20.5. The third-order valence-electron chi connectivity index (χ3n) is 3.99. The van der Waals surface area contributed by atoms with E-state index in [4.69, 9.17) is 9.84 Å². The first kappa shape index (κ1) is 13.1. The van der Waals surface area contributed by atoms with E-state index < -0.39 is 5.97 Å². The standard InChI is InChI=1S/C14H19N3O3/c18-14(19)10-8-17(9-10)12-6-15-7-13(16-12)20-11-4-2-1-3-5-11/h6-7,10-11H,1-5,8-9H2,(H,18,19). The molecule has 0 aromatic carbocycles. The molecule has 1 saturated heterocycles. The van der Waals surface area contributed by atoms with Crippen LogP contribution in [-0.2, 0) is 4.79 Å². The average Bonchev–Trinajstić information content (AvgIpc) is 2.38. The molecule has 2 fully saturated rings. The number of carboxylic acid groups (broad SMARTS) is 1. The van der Waals surface area contributed by atoms with Gasteiger partial charge in [-0.3, -0.25) is 9.78 Å². The summed E-state index contributed by atoms with van der Waals surface area (Å²) in [5.41, 5.74) is 0. The van der Waals surface area contributed by atoms with Gasteiger partial charge in [-0.2, -0.15) is 4.98 Å². The lowest BCUT2D eigenvalue weighted by Crippen LogP contribution is -2.50. The SMILES string of the molecule is O=C(O)C1CN(c2cncc(OC3CCCCC3)n2)C1. The summed E-state index contributed by atoms with van der Waals surface area (Å²) in [7, 11) is 0. The van der Waals surface area contributed by atoms with E-state index in [2.05, 4.69) is 9.97 Å². The summed E-state index contributed by atoms with van der Waals surface area (Å²) < 4.78 is 5.87. The fraction of sp³-hybridized carbons (Fsp3) is 0.643. The van der Waals surface area contributed by atoms with Gasteiger partial charge >= 0.3 is 5.97 Å². The molecule has 6 heteroatoms. The van der Waals surface area contributed by atoms with E-state index in [9.17, 15) is 4.79 Å². The summed E-state index contributed by atoms with van der Waals surface area (Å²) in [5.74, 6) is 0.215. The zero-order chi connectivity index (χ0) is 13.9. The van der Waals surface area contributed by atoms with Crippen LogP contribution >= 0.6 is 0 Å². The number of rotatable bonds is 4. The Morgan fingerprint density at radius 3 is 2.70 bits per heavy atom. The van der Waals surface area contributed by atoms with Gasteiger partial charge in [-0.15, -0.1) is 0 Å². The Balaban J connectivity index is 1.60. The number of hydrogen-bond donors (Lipinski definition) is 1. The van der Waals surface area contributed by atoms with Crippen molar-refractivity contribution in [3.05, 3.63) is 12.4 Å². The van der Waals surface area contributed by atoms with Crippen LogP contribution in [0.1, 0.15) is 32.1 Å². The third-order valence-corrected chi connectivity index (χ3v) is 3.99. The van der Waals surface area contributed by atoms with Gasteiger partial charge in [-0.05, 0) is 25.7 Å². The zero-order valence-electron chi connectivity index (χ0n) is 11.4. The second-order valence-electron chi connectivity index (χ2n) is 5.53. The molecule has 0 atom stereocenters. The van der Waals surface area contributed by atoms with Crippen LogP contribution in [0.3, 0.4) is 0 Å². The molecule has 2 heterocycles. The fourth-order valence-corrected chi connectivity index (χ4v) is 2.72. The van der Waals surface area contributed by atoms with Gasteiger partial charge in [0.1, 0.15) is 6.10 Å². The molecule has 6 nitrogen and oxygen atoms in total. The van der Waals surface area contributed by atoms with E-state index in [1.165, 1.54) is 19.3 Å². The van der Waals surface area contributed by atoms with E-state index in [1.54, 1.807) is 12.4 Å². The van der Waals surface area contributed by atoms with Crippen LogP contribution in [0.15, 0.2) is 12.4 Å². The highest BCUT2D eigenvalue weighted by Gasteiger charge is 2.33. The molecule has 1 saturated carbocycles. The maximum absolute atomic E-state index is 10.8. The van der Waals surface area contributed by atoms with E-state index in [1.807, 2.05) is 4.90 Å². The van der Waals surface area contributed by atoms with Gasteiger partial charge in [0.15, 0.2) is 5.82 Å².